The van der Waals surface area contributed by atoms with Gasteiger partial charge in [-0.3, -0.25) is 9.63 Å². The Morgan fingerprint density at radius 2 is 1.67 bits per heavy atom. The summed E-state index contributed by atoms with van der Waals surface area (Å²) in [5, 5.41) is 1.35. The topological polar surface area (TPSA) is 29.5 Å². The highest BCUT2D eigenvalue weighted by molar-refractivity contribution is 5.74. The van der Waals surface area contributed by atoms with Crippen molar-refractivity contribution in [3.63, 3.8) is 0 Å². The lowest BCUT2D eigenvalue weighted by Crippen LogP contribution is -2.28. The fourth-order valence-corrected chi connectivity index (χ4v) is 5.40. The predicted molar refractivity (Wildman–Crippen MR) is 115 cm³/mol. The third-order valence-electron chi connectivity index (χ3n) is 6.50. The highest BCUT2D eigenvalue weighted by Gasteiger charge is 2.44. The summed E-state index contributed by atoms with van der Waals surface area (Å²) in [7, 11) is 3.24. The van der Waals surface area contributed by atoms with E-state index in [-0.39, 0.29) is 5.91 Å². The SMILES string of the molecule is CCC(C)(CC1CC1CC(C)(C)CC(C)CC(=O)N(C)OC)CC(C)(C)C. The molecule has 3 heteroatoms. The van der Waals surface area contributed by atoms with Gasteiger partial charge in [-0.2, -0.15) is 0 Å². The zero-order chi connectivity index (χ0) is 21.0. The normalized spacial score (nSPS) is 23.6. The first-order valence-corrected chi connectivity index (χ1v) is 11.0. The van der Waals surface area contributed by atoms with Crippen molar-refractivity contribution < 1.29 is 9.63 Å². The molecule has 1 aliphatic carbocycles. The molecule has 0 bridgehead atoms. The molecule has 0 aromatic rings. The fraction of sp³-hybridized carbons (Fsp3) is 0.958. The Kier molecular flexibility index (Phi) is 8.41. The number of carbonyl (C=O) groups excluding carboxylic acids is 1. The minimum atomic E-state index is 0.0750. The van der Waals surface area contributed by atoms with E-state index in [1.54, 1.807) is 14.2 Å². The lowest BCUT2D eigenvalue weighted by Gasteiger charge is -2.36. The van der Waals surface area contributed by atoms with Crippen molar-refractivity contribution in [3.8, 4) is 0 Å². The van der Waals surface area contributed by atoms with E-state index in [1.807, 2.05) is 0 Å². The van der Waals surface area contributed by atoms with Crippen molar-refractivity contribution in [3.05, 3.63) is 0 Å². The van der Waals surface area contributed by atoms with Gasteiger partial charge in [0.2, 0.25) is 5.91 Å². The van der Waals surface area contributed by atoms with Gasteiger partial charge in [-0.15, -0.1) is 0 Å². The summed E-state index contributed by atoms with van der Waals surface area (Å²) in [4.78, 5) is 17.1. The molecule has 1 fully saturated rings. The molecule has 4 atom stereocenters. The third-order valence-corrected chi connectivity index (χ3v) is 6.50. The Labute approximate surface area is 169 Å². The van der Waals surface area contributed by atoms with E-state index in [0.29, 0.717) is 28.6 Å². The van der Waals surface area contributed by atoms with Gasteiger partial charge in [-0.25, -0.2) is 5.06 Å². The van der Waals surface area contributed by atoms with Crippen LogP contribution < -0.4 is 0 Å². The molecule has 0 aromatic carbocycles. The number of hydrogen-bond donors (Lipinski definition) is 0. The van der Waals surface area contributed by atoms with Crippen molar-refractivity contribution in [2.24, 2.45) is 34.0 Å². The molecule has 160 valence electrons. The molecule has 0 aromatic heterocycles. The maximum absolute atomic E-state index is 12.1. The van der Waals surface area contributed by atoms with Gasteiger partial charge in [0.1, 0.15) is 0 Å². The summed E-state index contributed by atoms with van der Waals surface area (Å²) < 4.78 is 0. The Hall–Kier alpha value is -0.570. The number of carbonyl (C=O) groups is 1. The first kappa shape index (κ1) is 24.5. The molecule has 4 unspecified atom stereocenters. The van der Waals surface area contributed by atoms with Crippen LogP contribution in [0.1, 0.15) is 100 Å². The van der Waals surface area contributed by atoms with Crippen LogP contribution >= 0.6 is 0 Å². The highest BCUT2D eigenvalue weighted by atomic mass is 16.7. The summed E-state index contributed by atoms with van der Waals surface area (Å²) in [6.45, 7) is 19.0. The van der Waals surface area contributed by atoms with E-state index in [9.17, 15) is 4.79 Å². The number of hydroxylamine groups is 2. The molecule has 1 aliphatic rings. The van der Waals surface area contributed by atoms with Gasteiger partial charge in [-0.05, 0) is 66.1 Å². The lowest BCUT2D eigenvalue weighted by molar-refractivity contribution is -0.169. The summed E-state index contributed by atoms with van der Waals surface area (Å²) >= 11 is 0. The number of hydrogen-bond acceptors (Lipinski definition) is 2. The Morgan fingerprint density at radius 3 is 2.15 bits per heavy atom. The first-order valence-electron chi connectivity index (χ1n) is 11.0. The molecule has 0 heterocycles. The van der Waals surface area contributed by atoms with Gasteiger partial charge in [0.05, 0.1) is 7.11 Å². The van der Waals surface area contributed by atoms with Crippen LogP contribution in [0.4, 0.5) is 0 Å². The molecular weight excluding hydrogens is 334 g/mol. The van der Waals surface area contributed by atoms with Crippen LogP contribution in [0.25, 0.3) is 0 Å². The Bertz CT molecular complexity index is 479. The second kappa shape index (κ2) is 9.29. The third kappa shape index (κ3) is 8.98. The lowest BCUT2D eigenvalue weighted by atomic mass is 9.70. The maximum atomic E-state index is 12.1. The minimum Gasteiger partial charge on any atom is -0.275 e. The largest absolute Gasteiger partial charge is 0.275 e. The van der Waals surface area contributed by atoms with Crippen LogP contribution in [-0.2, 0) is 9.63 Å². The molecule has 1 saturated carbocycles. The maximum Gasteiger partial charge on any atom is 0.246 e. The molecule has 3 nitrogen and oxygen atoms in total. The second-order valence-electron chi connectivity index (χ2n) is 11.8. The van der Waals surface area contributed by atoms with Crippen molar-refractivity contribution in [1.82, 2.24) is 5.06 Å². The fourth-order valence-electron chi connectivity index (χ4n) is 5.40. The van der Waals surface area contributed by atoms with Crippen LogP contribution in [0.2, 0.25) is 0 Å². The van der Waals surface area contributed by atoms with E-state index in [2.05, 4.69) is 55.4 Å². The van der Waals surface area contributed by atoms with E-state index in [0.717, 1.165) is 18.3 Å². The molecule has 0 aliphatic heterocycles. The monoisotopic (exact) mass is 381 g/mol. The number of nitrogens with zero attached hydrogens (tertiary/aromatic N) is 1. The van der Waals surface area contributed by atoms with Crippen LogP contribution in [0.3, 0.4) is 0 Å². The second-order valence-corrected chi connectivity index (χ2v) is 11.8. The Morgan fingerprint density at radius 1 is 1.11 bits per heavy atom. The number of amides is 1. The van der Waals surface area contributed by atoms with E-state index in [1.165, 1.54) is 37.2 Å². The molecule has 1 rings (SSSR count). The molecule has 0 spiro atoms. The van der Waals surface area contributed by atoms with Crippen LogP contribution in [0.15, 0.2) is 0 Å². The molecule has 0 N–H and O–H groups in total. The van der Waals surface area contributed by atoms with Gasteiger partial charge in [0, 0.05) is 13.5 Å². The minimum absolute atomic E-state index is 0.0750. The molecule has 1 amide bonds. The molecule has 0 saturated heterocycles. The summed E-state index contributed by atoms with van der Waals surface area (Å²) in [6, 6.07) is 0. The summed E-state index contributed by atoms with van der Waals surface area (Å²) in [5.74, 6) is 2.26. The van der Waals surface area contributed by atoms with Crippen LogP contribution in [0.5, 0.6) is 0 Å². The van der Waals surface area contributed by atoms with Crippen LogP contribution in [-0.4, -0.2) is 25.1 Å². The zero-order valence-corrected chi connectivity index (χ0v) is 19.9. The number of rotatable bonds is 11. The Balaban J connectivity index is 2.49. The van der Waals surface area contributed by atoms with Crippen molar-refractivity contribution in [2.75, 3.05) is 14.2 Å². The first-order chi connectivity index (χ1) is 12.2. The summed E-state index contributed by atoms with van der Waals surface area (Å²) in [6.07, 6.45) is 8.36. The quantitative estimate of drug-likeness (QED) is 0.372. The van der Waals surface area contributed by atoms with Gasteiger partial charge in [0.15, 0.2) is 0 Å². The van der Waals surface area contributed by atoms with Crippen molar-refractivity contribution in [1.29, 1.82) is 0 Å². The smallest absolute Gasteiger partial charge is 0.246 e. The highest BCUT2D eigenvalue weighted by Crippen LogP contribution is 2.55. The van der Waals surface area contributed by atoms with Crippen molar-refractivity contribution >= 4 is 5.91 Å². The van der Waals surface area contributed by atoms with Crippen LogP contribution in [0, 0.1) is 34.0 Å². The van der Waals surface area contributed by atoms with E-state index >= 15 is 0 Å². The summed E-state index contributed by atoms with van der Waals surface area (Å²) in [5.41, 5.74) is 1.19. The van der Waals surface area contributed by atoms with Crippen molar-refractivity contribution in [2.45, 2.75) is 100 Å². The average Bonchev–Trinajstić information content (AvgIpc) is 3.19. The standard InChI is InChI=1S/C24H47NO2/c1-11-24(8,17-22(3,4)5)16-20-13-19(20)15-23(6,7)14-18(2)12-21(26)25(9)27-10/h18-20H,11-17H2,1-10H3. The van der Waals surface area contributed by atoms with Gasteiger partial charge in [-0.1, -0.05) is 61.8 Å². The van der Waals surface area contributed by atoms with E-state index < -0.39 is 0 Å². The van der Waals surface area contributed by atoms with E-state index in [4.69, 9.17) is 4.84 Å². The molecule has 27 heavy (non-hydrogen) atoms. The van der Waals surface area contributed by atoms with Gasteiger partial charge >= 0.3 is 0 Å². The average molecular weight is 382 g/mol. The van der Waals surface area contributed by atoms with Gasteiger partial charge in [0.25, 0.3) is 0 Å². The van der Waals surface area contributed by atoms with Gasteiger partial charge < -0.3 is 0 Å². The molecule has 0 radical (unpaired) electrons. The predicted octanol–water partition coefficient (Wildman–Crippen LogP) is 6.72. The zero-order valence-electron chi connectivity index (χ0n) is 19.9. The molecular formula is C24H47NO2.